The molecule has 136 valence electrons. The van der Waals surface area contributed by atoms with Gasteiger partial charge in [0.25, 0.3) is 5.91 Å². The van der Waals surface area contributed by atoms with Crippen LogP contribution in [0.4, 0.5) is 0 Å². The van der Waals surface area contributed by atoms with Gasteiger partial charge in [0.05, 0.1) is 31.5 Å². The van der Waals surface area contributed by atoms with E-state index in [0.717, 1.165) is 22.3 Å². The fourth-order valence-electron chi connectivity index (χ4n) is 2.97. The molecule has 1 amide bonds. The number of hydrogen-bond acceptors (Lipinski definition) is 5. The van der Waals surface area contributed by atoms with Crippen LogP contribution in [0.15, 0.2) is 30.5 Å². The number of carbonyl (C=O) groups excluding carboxylic acids is 1. The third kappa shape index (κ3) is 3.20. The average molecular weight is 354 g/mol. The number of aryl methyl sites for hydroxylation is 2. The van der Waals surface area contributed by atoms with Gasteiger partial charge in [-0.25, -0.2) is 4.98 Å². The van der Waals surface area contributed by atoms with Crippen LogP contribution >= 0.6 is 0 Å². The number of amides is 1. The van der Waals surface area contributed by atoms with Gasteiger partial charge in [0.1, 0.15) is 11.5 Å². The summed E-state index contributed by atoms with van der Waals surface area (Å²) in [7, 11) is 5.03. The van der Waals surface area contributed by atoms with Crippen molar-refractivity contribution >= 4 is 16.9 Å². The molecular weight excluding hydrogens is 332 g/mol. The molecule has 0 aliphatic rings. The molecule has 0 radical (unpaired) electrons. The zero-order valence-electron chi connectivity index (χ0n) is 15.5. The molecule has 7 nitrogen and oxygen atoms in total. The smallest absolute Gasteiger partial charge is 0.253 e. The number of rotatable bonds is 5. The zero-order chi connectivity index (χ0) is 18.8. The molecule has 26 heavy (non-hydrogen) atoms. The van der Waals surface area contributed by atoms with Crippen LogP contribution < -0.4 is 14.8 Å². The molecule has 0 saturated carbocycles. The summed E-state index contributed by atoms with van der Waals surface area (Å²) in [5.74, 6) is 1.16. The van der Waals surface area contributed by atoms with Crippen LogP contribution in [0.1, 0.15) is 34.6 Å². The predicted octanol–water partition coefficient (Wildman–Crippen LogP) is 2.78. The Labute approximate surface area is 151 Å². The number of aromatic nitrogens is 3. The first kappa shape index (κ1) is 17.7. The van der Waals surface area contributed by atoms with E-state index in [1.807, 2.05) is 39.1 Å². The van der Waals surface area contributed by atoms with Gasteiger partial charge in [-0.05, 0) is 32.0 Å². The topological polar surface area (TPSA) is 78.3 Å². The van der Waals surface area contributed by atoms with Crippen molar-refractivity contribution in [1.82, 2.24) is 20.1 Å². The highest BCUT2D eigenvalue weighted by Crippen LogP contribution is 2.29. The number of fused-ring (bicyclic) bond motifs is 1. The fraction of sp³-hybridized carbons (Fsp3) is 0.316. The molecule has 0 bridgehead atoms. The summed E-state index contributed by atoms with van der Waals surface area (Å²) in [4.78, 5) is 17.0. The van der Waals surface area contributed by atoms with E-state index < -0.39 is 0 Å². The van der Waals surface area contributed by atoms with E-state index in [1.54, 1.807) is 31.2 Å². The molecule has 1 atom stereocenters. The lowest BCUT2D eigenvalue weighted by Gasteiger charge is -2.18. The normalized spacial score (nSPS) is 12.0. The summed E-state index contributed by atoms with van der Waals surface area (Å²) in [5, 5.41) is 8.19. The average Bonchev–Trinajstić information content (AvgIpc) is 2.94. The van der Waals surface area contributed by atoms with E-state index in [2.05, 4.69) is 15.4 Å². The molecule has 0 aliphatic carbocycles. The number of benzene rings is 1. The van der Waals surface area contributed by atoms with Crippen molar-refractivity contribution in [3.05, 3.63) is 47.3 Å². The second-order valence-electron chi connectivity index (χ2n) is 6.11. The largest absolute Gasteiger partial charge is 0.497 e. The summed E-state index contributed by atoms with van der Waals surface area (Å²) >= 11 is 0. The van der Waals surface area contributed by atoms with E-state index >= 15 is 0 Å². The Morgan fingerprint density at radius 3 is 2.69 bits per heavy atom. The first-order chi connectivity index (χ1) is 12.4. The number of nitrogens with one attached hydrogen (secondary N) is 1. The number of nitrogens with zero attached hydrogens (tertiary/aromatic N) is 3. The van der Waals surface area contributed by atoms with Crippen LogP contribution in [0, 0.1) is 6.92 Å². The molecule has 7 heteroatoms. The van der Waals surface area contributed by atoms with Crippen molar-refractivity contribution in [2.45, 2.75) is 19.9 Å². The fourth-order valence-corrected chi connectivity index (χ4v) is 2.97. The van der Waals surface area contributed by atoms with Crippen molar-refractivity contribution in [2.24, 2.45) is 7.05 Å². The van der Waals surface area contributed by atoms with Gasteiger partial charge >= 0.3 is 0 Å². The van der Waals surface area contributed by atoms with E-state index in [0.29, 0.717) is 17.1 Å². The van der Waals surface area contributed by atoms with Crippen LogP contribution in [0.25, 0.3) is 11.0 Å². The van der Waals surface area contributed by atoms with Crippen molar-refractivity contribution in [3.63, 3.8) is 0 Å². The summed E-state index contributed by atoms with van der Waals surface area (Å²) < 4.78 is 12.3. The number of pyridine rings is 1. The van der Waals surface area contributed by atoms with Gasteiger partial charge in [-0.1, -0.05) is 0 Å². The second kappa shape index (κ2) is 7.03. The van der Waals surface area contributed by atoms with Crippen molar-refractivity contribution in [2.75, 3.05) is 14.2 Å². The zero-order valence-corrected chi connectivity index (χ0v) is 15.5. The van der Waals surface area contributed by atoms with Crippen molar-refractivity contribution in [1.29, 1.82) is 0 Å². The van der Waals surface area contributed by atoms with E-state index in [1.165, 1.54) is 0 Å². The molecule has 2 aromatic heterocycles. The second-order valence-corrected chi connectivity index (χ2v) is 6.11. The number of ether oxygens (including phenoxy) is 2. The van der Waals surface area contributed by atoms with Gasteiger partial charge in [-0.2, -0.15) is 5.10 Å². The van der Waals surface area contributed by atoms with Crippen molar-refractivity contribution in [3.8, 4) is 11.5 Å². The van der Waals surface area contributed by atoms with Gasteiger partial charge in [0, 0.05) is 30.3 Å². The number of hydrogen-bond donors (Lipinski definition) is 1. The van der Waals surface area contributed by atoms with Gasteiger partial charge in [-0.15, -0.1) is 0 Å². The Balaban J connectivity index is 1.84. The molecule has 1 aromatic carbocycles. The highest BCUT2D eigenvalue weighted by molar-refractivity contribution is 5.97. The molecule has 1 N–H and O–H groups in total. The maximum atomic E-state index is 12.7. The molecule has 3 aromatic rings. The summed E-state index contributed by atoms with van der Waals surface area (Å²) in [6, 6.07) is 7.10. The van der Waals surface area contributed by atoms with E-state index in [-0.39, 0.29) is 11.9 Å². The lowest BCUT2D eigenvalue weighted by atomic mass is 10.1. The van der Waals surface area contributed by atoms with E-state index in [9.17, 15) is 4.79 Å². The minimum absolute atomic E-state index is 0.201. The molecule has 2 heterocycles. The maximum Gasteiger partial charge on any atom is 0.253 e. The quantitative estimate of drug-likeness (QED) is 0.762. The van der Waals surface area contributed by atoms with Crippen molar-refractivity contribution < 1.29 is 14.3 Å². The molecule has 3 rings (SSSR count). The summed E-state index contributed by atoms with van der Waals surface area (Å²) in [6.45, 7) is 3.81. The standard InChI is InChI=1S/C19H22N4O3/c1-11(15-7-6-14(25-4)9-17(15)26-5)21-19(24)13-8-16-12(2)22-23(3)18(16)20-10-13/h6-11H,1-5H3,(H,21,24). The van der Waals surface area contributed by atoms with Crippen LogP contribution in [0.2, 0.25) is 0 Å². The lowest BCUT2D eigenvalue weighted by molar-refractivity contribution is 0.0939. The van der Waals surface area contributed by atoms with Crippen LogP contribution in [0.5, 0.6) is 11.5 Å². The molecule has 0 fully saturated rings. The third-order valence-corrected chi connectivity index (χ3v) is 4.38. The minimum atomic E-state index is -0.242. The van der Waals surface area contributed by atoms with Gasteiger partial charge in [-0.3, -0.25) is 9.48 Å². The number of carbonyl (C=O) groups is 1. The Hall–Kier alpha value is -3.09. The van der Waals surface area contributed by atoms with Crippen LogP contribution in [0.3, 0.4) is 0 Å². The first-order valence-corrected chi connectivity index (χ1v) is 8.26. The third-order valence-electron chi connectivity index (χ3n) is 4.38. The molecule has 0 aliphatic heterocycles. The van der Waals surface area contributed by atoms with E-state index in [4.69, 9.17) is 9.47 Å². The minimum Gasteiger partial charge on any atom is -0.497 e. The van der Waals surface area contributed by atoms with Crippen LogP contribution in [-0.4, -0.2) is 34.9 Å². The Morgan fingerprint density at radius 1 is 1.23 bits per heavy atom. The lowest BCUT2D eigenvalue weighted by Crippen LogP contribution is -2.27. The van der Waals surface area contributed by atoms with Gasteiger partial charge in [0.15, 0.2) is 5.65 Å². The van der Waals surface area contributed by atoms with Gasteiger partial charge in [0.2, 0.25) is 0 Å². The number of methoxy groups -OCH3 is 2. The highest BCUT2D eigenvalue weighted by atomic mass is 16.5. The molecule has 1 unspecified atom stereocenters. The summed E-state index contributed by atoms with van der Waals surface area (Å²) in [5.41, 5.74) is 2.96. The van der Waals surface area contributed by atoms with Crippen LogP contribution in [-0.2, 0) is 7.05 Å². The van der Waals surface area contributed by atoms with Gasteiger partial charge < -0.3 is 14.8 Å². The SMILES string of the molecule is COc1ccc(C(C)NC(=O)c2cnc3c(c2)c(C)nn3C)c(OC)c1. The predicted molar refractivity (Wildman–Crippen MR) is 98.7 cm³/mol. The Morgan fingerprint density at radius 2 is 2.00 bits per heavy atom. The maximum absolute atomic E-state index is 12.7. The Kier molecular flexibility index (Phi) is 4.79. The molecule has 0 spiro atoms. The summed E-state index contributed by atoms with van der Waals surface area (Å²) in [6.07, 6.45) is 1.57. The Bertz CT molecular complexity index is 965. The molecule has 0 saturated heterocycles. The molecular formula is C19H22N4O3. The monoisotopic (exact) mass is 354 g/mol. The highest BCUT2D eigenvalue weighted by Gasteiger charge is 2.17. The first-order valence-electron chi connectivity index (χ1n) is 8.26.